The fourth-order valence-electron chi connectivity index (χ4n) is 3.09. The summed E-state index contributed by atoms with van der Waals surface area (Å²) >= 11 is 7.13. The highest BCUT2D eigenvalue weighted by Gasteiger charge is 2.23. The van der Waals surface area contributed by atoms with Gasteiger partial charge in [-0.1, -0.05) is 29.8 Å². The van der Waals surface area contributed by atoms with Gasteiger partial charge >= 0.3 is 0 Å². The van der Waals surface area contributed by atoms with Gasteiger partial charge in [0.25, 0.3) is 0 Å². The van der Waals surface area contributed by atoms with Crippen molar-refractivity contribution >= 4 is 28.1 Å². The Morgan fingerprint density at radius 3 is 2.92 bits per heavy atom. The van der Waals surface area contributed by atoms with Gasteiger partial charge in [0.15, 0.2) is 5.15 Å². The third-order valence-corrected chi connectivity index (χ3v) is 5.37. The molecule has 0 bridgehead atoms. The van der Waals surface area contributed by atoms with E-state index in [9.17, 15) is 0 Å². The normalized spacial score (nSPS) is 12.8. The summed E-state index contributed by atoms with van der Waals surface area (Å²) < 4.78 is 6.07. The Bertz CT molecular complexity index is 923. The SMILES string of the molecule is N#Cc1c(Cl)nsc1NCc1nn(-c2ccccc2)c2c1CCC2. The van der Waals surface area contributed by atoms with E-state index in [1.807, 2.05) is 22.9 Å². The largest absolute Gasteiger partial charge is 0.369 e. The van der Waals surface area contributed by atoms with Gasteiger partial charge in [-0.2, -0.15) is 14.7 Å². The summed E-state index contributed by atoms with van der Waals surface area (Å²) in [5.41, 5.74) is 5.13. The first-order valence-electron chi connectivity index (χ1n) is 7.72. The van der Waals surface area contributed by atoms with Crippen LogP contribution in [0, 0.1) is 11.3 Å². The molecule has 1 aliphatic rings. The first-order valence-corrected chi connectivity index (χ1v) is 8.87. The van der Waals surface area contributed by atoms with Gasteiger partial charge in [0, 0.05) is 5.69 Å². The smallest absolute Gasteiger partial charge is 0.162 e. The molecule has 7 heteroatoms. The maximum absolute atomic E-state index is 9.17. The third kappa shape index (κ3) is 2.56. The molecule has 0 atom stereocenters. The second kappa shape index (κ2) is 6.27. The van der Waals surface area contributed by atoms with E-state index in [0.29, 0.717) is 17.1 Å². The Hall–Kier alpha value is -2.36. The zero-order valence-corrected chi connectivity index (χ0v) is 14.4. The van der Waals surface area contributed by atoms with E-state index >= 15 is 0 Å². The van der Waals surface area contributed by atoms with Crippen LogP contribution in [0.15, 0.2) is 30.3 Å². The van der Waals surface area contributed by atoms with Gasteiger partial charge in [0.05, 0.1) is 17.9 Å². The molecule has 4 rings (SSSR count). The molecule has 0 unspecified atom stereocenters. The van der Waals surface area contributed by atoms with Crippen LogP contribution in [0.4, 0.5) is 5.00 Å². The average Bonchev–Trinajstić information content (AvgIpc) is 3.29. The van der Waals surface area contributed by atoms with Crippen molar-refractivity contribution in [2.24, 2.45) is 0 Å². The molecule has 3 aromatic rings. The molecule has 0 fully saturated rings. The van der Waals surface area contributed by atoms with E-state index in [-0.39, 0.29) is 5.15 Å². The molecule has 1 aromatic carbocycles. The van der Waals surface area contributed by atoms with Gasteiger partial charge in [-0.15, -0.1) is 0 Å². The molecule has 0 aliphatic heterocycles. The highest BCUT2D eigenvalue weighted by atomic mass is 35.5. The topological polar surface area (TPSA) is 66.5 Å². The van der Waals surface area contributed by atoms with Gasteiger partial charge in [0.2, 0.25) is 0 Å². The molecule has 120 valence electrons. The van der Waals surface area contributed by atoms with E-state index in [4.69, 9.17) is 22.0 Å². The minimum Gasteiger partial charge on any atom is -0.369 e. The zero-order valence-electron chi connectivity index (χ0n) is 12.8. The number of nitrogens with zero attached hydrogens (tertiary/aromatic N) is 4. The van der Waals surface area contributed by atoms with Gasteiger partial charge < -0.3 is 5.32 Å². The Morgan fingerprint density at radius 1 is 1.29 bits per heavy atom. The van der Waals surface area contributed by atoms with Crippen molar-refractivity contribution in [2.45, 2.75) is 25.8 Å². The molecule has 0 spiro atoms. The van der Waals surface area contributed by atoms with Crippen LogP contribution in [0.2, 0.25) is 5.15 Å². The Labute approximate surface area is 148 Å². The van der Waals surface area contributed by atoms with E-state index < -0.39 is 0 Å². The van der Waals surface area contributed by atoms with E-state index in [2.05, 4.69) is 27.9 Å². The molecule has 5 nitrogen and oxygen atoms in total. The number of hydrogen-bond donors (Lipinski definition) is 1. The van der Waals surface area contributed by atoms with Gasteiger partial charge in [-0.3, -0.25) is 0 Å². The summed E-state index contributed by atoms with van der Waals surface area (Å²) in [4.78, 5) is 0. The number of para-hydroxylation sites is 1. The molecule has 0 amide bonds. The summed E-state index contributed by atoms with van der Waals surface area (Å²) in [6, 6.07) is 12.3. The third-order valence-electron chi connectivity index (χ3n) is 4.19. The maximum atomic E-state index is 9.17. The standard InChI is InChI=1S/C17H14ClN5S/c18-16-13(9-19)17(24-22-16)20-10-14-12-7-4-8-15(12)23(21-14)11-5-2-1-3-6-11/h1-3,5-6,20H,4,7-8,10H2. The number of halogens is 1. The summed E-state index contributed by atoms with van der Waals surface area (Å²) in [6.07, 6.45) is 3.25. The van der Waals surface area contributed by atoms with Crippen molar-refractivity contribution in [3.05, 3.63) is 58.0 Å². The van der Waals surface area contributed by atoms with Crippen molar-refractivity contribution in [3.8, 4) is 11.8 Å². The summed E-state index contributed by atoms with van der Waals surface area (Å²) in [6.45, 7) is 0.565. The lowest BCUT2D eigenvalue weighted by Gasteiger charge is -2.05. The van der Waals surface area contributed by atoms with E-state index in [1.54, 1.807) is 0 Å². The van der Waals surface area contributed by atoms with Crippen LogP contribution in [0.1, 0.15) is 28.9 Å². The monoisotopic (exact) mass is 355 g/mol. The van der Waals surface area contributed by atoms with Crippen LogP contribution in [0.3, 0.4) is 0 Å². The molecule has 1 aliphatic carbocycles. The number of fused-ring (bicyclic) bond motifs is 1. The quantitative estimate of drug-likeness (QED) is 0.769. The Balaban J connectivity index is 1.64. The van der Waals surface area contributed by atoms with Crippen LogP contribution in [0.25, 0.3) is 5.69 Å². The molecular formula is C17H14ClN5S. The highest BCUT2D eigenvalue weighted by Crippen LogP contribution is 2.31. The molecule has 2 aromatic heterocycles. The molecule has 0 saturated heterocycles. The van der Waals surface area contributed by atoms with Crippen molar-refractivity contribution in [2.75, 3.05) is 5.32 Å². The first kappa shape index (κ1) is 15.2. The Morgan fingerprint density at radius 2 is 2.12 bits per heavy atom. The van der Waals surface area contributed by atoms with E-state index in [1.165, 1.54) is 22.8 Å². The predicted molar refractivity (Wildman–Crippen MR) is 94.8 cm³/mol. The van der Waals surface area contributed by atoms with E-state index in [0.717, 1.165) is 30.6 Å². The van der Waals surface area contributed by atoms with Crippen LogP contribution >= 0.6 is 23.1 Å². The second-order valence-electron chi connectivity index (χ2n) is 5.62. The van der Waals surface area contributed by atoms with Crippen molar-refractivity contribution in [3.63, 3.8) is 0 Å². The summed E-state index contributed by atoms with van der Waals surface area (Å²) in [5.74, 6) is 0. The molecule has 1 N–H and O–H groups in total. The fraction of sp³-hybridized carbons (Fsp3) is 0.235. The van der Waals surface area contributed by atoms with Crippen LogP contribution in [-0.2, 0) is 19.4 Å². The van der Waals surface area contributed by atoms with Crippen LogP contribution in [-0.4, -0.2) is 14.2 Å². The maximum Gasteiger partial charge on any atom is 0.162 e. The number of nitrogens with one attached hydrogen (secondary N) is 1. The minimum absolute atomic E-state index is 0.255. The van der Waals surface area contributed by atoms with Crippen molar-refractivity contribution in [1.29, 1.82) is 5.26 Å². The van der Waals surface area contributed by atoms with Crippen LogP contribution < -0.4 is 5.32 Å². The average molecular weight is 356 g/mol. The number of rotatable bonds is 4. The molecular weight excluding hydrogens is 342 g/mol. The highest BCUT2D eigenvalue weighted by molar-refractivity contribution is 7.10. The molecule has 2 heterocycles. The lowest BCUT2D eigenvalue weighted by Crippen LogP contribution is -2.04. The molecule has 0 saturated carbocycles. The summed E-state index contributed by atoms with van der Waals surface area (Å²) in [7, 11) is 0. The fourth-order valence-corrected chi connectivity index (χ4v) is 4.02. The number of nitriles is 1. The number of benzene rings is 1. The number of anilines is 1. The predicted octanol–water partition coefficient (Wildman–Crippen LogP) is 3.95. The van der Waals surface area contributed by atoms with Crippen molar-refractivity contribution < 1.29 is 0 Å². The second-order valence-corrected chi connectivity index (χ2v) is 6.75. The van der Waals surface area contributed by atoms with Crippen LogP contribution in [0.5, 0.6) is 0 Å². The summed E-state index contributed by atoms with van der Waals surface area (Å²) in [5, 5.41) is 18.2. The lowest BCUT2D eigenvalue weighted by molar-refractivity contribution is 0.763. The number of aromatic nitrogens is 3. The molecule has 24 heavy (non-hydrogen) atoms. The van der Waals surface area contributed by atoms with Gasteiger partial charge in [0.1, 0.15) is 16.6 Å². The van der Waals surface area contributed by atoms with Gasteiger partial charge in [-0.25, -0.2) is 4.68 Å². The van der Waals surface area contributed by atoms with Gasteiger partial charge in [-0.05, 0) is 48.5 Å². The first-order chi connectivity index (χ1) is 11.8. The number of hydrogen-bond acceptors (Lipinski definition) is 5. The Kier molecular flexibility index (Phi) is 3.97. The molecule has 0 radical (unpaired) electrons. The minimum atomic E-state index is 0.255. The zero-order chi connectivity index (χ0) is 16.5. The lowest BCUT2D eigenvalue weighted by atomic mass is 10.2. The van der Waals surface area contributed by atoms with Crippen molar-refractivity contribution in [1.82, 2.24) is 14.2 Å².